The van der Waals surface area contributed by atoms with Crippen LogP contribution >= 0.6 is 0 Å². The standard InChI is InChI=1S/C55H75FO12/c1-33-27-41-40-19-17-35-29-37(58)21-24-50(35,3)54(40,56)44(61)31-52(41,5)55(33,66)45(62)32-68-47(64)15-11-8-12-26-67-46(63)14-10-7-6-9-13-43(60)53(65)25-22-39-38-18-16-34-28-36(57)20-23-49(34,2)48(38)42(59)30-51(39,53)4/h20-21,23-24,28-29,33,38-42,44,48,59,61,65-66H,6-19,22,25-27,30-32H2,1-5H3/t33-,38?,39?,40?,41?,42+,44+,48?,49+,50+,51+,52+,53+,54+,55+/m1/s1. The highest BCUT2D eigenvalue weighted by molar-refractivity contribution is 6.02. The Hall–Kier alpha value is -3.65. The van der Waals surface area contributed by atoms with Crippen LogP contribution in [0.25, 0.3) is 0 Å². The summed E-state index contributed by atoms with van der Waals surface area (Å²) in [5, 5.41) is 47.4. The van der Waals surface area contributed by atoms with Crippen LogP contribution in [0.5, 0.6) is 0 Å². The van der Waals surface area contributed by atoms with Gasteiger partial charge in [0.15, 0.2) is 29.6 Å². The first-order valence-electron chi connectivity index (χ1n) is 25.8. The van der Waals surface area contributed by atoms with Gasteiger partial charge in [-0.1, -0.05) is 63.8 Å². The van der Waals surface area contributed by atoms with Crippen molar-refractivity contribution < 1.29 is 63.1 Å². The molecule has 0 aromatic heterocycles. The van der Waals surface area contributed by atoms with Crippen molar-refractivity contribution >= 4 is 35.1 Å². The Morgan fingerprint density at radius 2 is 1.32 bits per heavy atom. The third-order valence-corrected chi connectivity index (χ3v) is 19.9. The monoisotopic (exact) mass is 947 g/mol. The lowest BCUT2D eigenvalue weighted by atomic mass is 9.44. The SMILES string of the molecule is C[C@@H]1CC2C3CCC4=CC(=O)C=C[C@]4(C)[C@@]3(F)[C@@H](O)C[C@]2(C)[C@@]1(O)C(=O)COC(=O)CCCCCOC(=O)CCCCCCC(=O)[C@@]1(O)CCC2C3CCC4=CC(=O)C=C[C@]4(C)C3[C@@H](O)C[C@@]21C. The molecule has 0 radical (unpaired) electrons. The minimum atomic E-state index is -2.09. The van der Waals surface area contributed by atoms with Crippen molar-refractivity contribution in [1.29, 1.82) is 0 Å². The molecule has 5 unspecified atom stereocenters. The number of unbranched alkanes of at least 4 members (excludes halogenated alkanes) is 5. The van der Waals surface area contributed by atoms with Gasteiger partial charge in [0.1, 0.15) is 11.2 Å². The minimum absolute atomic E-state index is 0.0116. The number of halogens is 1. The molecule has 0 saturated heterocycles. The highest BCUT2D eigenvalue weighted by Gasteiger charge is 2.76. The van der Waals surface area contributed by atoms with Crippen LogP contribution in [0.3, 0.4) is 0 Å². The molecule has 15 atom stereocenters. The highest BCUT2D eigenvalue weighted by Crippen LogP contribution is 2.71. The molecule has 0 bridgehead atoms. The molecule has 8 aliphatic rings. The Bertz CT molecular complexity index is 2190. The molecule has 8 rings (SSSR count). The van der Waals surface area contributed by atoms with E-state index in [0.29, 0.717) is 69.8 Å². The Morgan fingerprint density at radius 1 is 0.706 bits per heavy atom. The van der Waals surface area contributed by atoms with Crippen LogP contribution < -0.4 is 0 Å². The number of hydrogen-bond donors (Lipinski definition) is 4. The van der Waals surface area contributed by atoms with Crippen molar-refractivity contribution in [2.45, 2.75) is 186 Å². The van der Waals surface area contributed by atoms with Gasteiger partial charge in [0.2, 0.25) is 5.78 Å². The van der Waals surface area contributed by atoms with E-state index in [1.165, 1.54) is 12.2 Å². The van der Waals surface area contributed by atoms with Gasteiger partial charge in [-0.2, -0.15) is 0 Å². The molecular formula is C55H75FO12. The van der Waals surface area contributed by atoms with Crippen LogP contribution in [0.1, 0.15) is 157 Å². The molecule has 0 aromatic rings. The summed E-state index contributed by atoms with van der Waals surface area (Å²) in [5.74, 6) is -3.40. The number of aliphatic hydroxyl groups excluding tert-OH is 2. The van der Waals surface area contributed by atoms with E-state index in [2.05, 4.69) is 6.92 Å². The first-order chi connectivity index (χ1) is 32.0. The van der Waals surface area contributed by atoms with Gasteiger partial charge in [-0.3, -0.25) is 28.8 Å². The van der Waals surface area contributed by atoms with E-state index in [1.807, 2.05) is 13.0 Å². The first kappa shape index (κ1) is 50.7. The molecule has 374 valence electrons. The lowest BCUT2D eigenvalue weighted by molar-refractivity contribution is -0.220. The average Bonchev–Trinajstić information content (AvgIpc) is 3.67. The van der Waals surface area contributed by atoms with Crippen molar-refractivity contribution in [1.82, 2.24) is 0 Å². The normalized spacial score (nSPS) is 43.2. The van der Waals surface area contributed by atoms with Crippen LogP contribution in [0.4, 0.5) is 4.39 Å². The second-order valence-electron chi connectivity index (χ2n) is 23.2. The van der Waals surface area contributed by atoms with E-state index in [-0.39, 0.29) is 73.4 Å². The molecule has 8 aliphatic carbocycles. The van der Waals surface area contributed by atoms with Crippen molar-refractivity contribution in [3.8, 4) is 0 Å². The fourth-order valence-electron chi connectivity index (χ4n) is 16.2. The summed E-state index contributed by atoms with van der Waals surface area (Å²) in [7, 11) is 0. The summed E-state index contributed by atoms with van der Waals surface area (Å²) in [6, 6.07) is 0. The third kappa shape index (κ3) is 7.90. The number of alkyl halides is 1. The minimum Gasteiger partial charge on any atom is -0.466 e. The zero-order chi connectivity index (χ0) is 49.2. The number of ketones is 4. The second kappa shape index (κ2) is 18.5. The fourth-order valence-corrected chi connectivity index (χ4v) is 16.2. The molecule has 6 fully saturated rings. The summed E-state index contributed by atoms with van der Waals surface area (Å²) >= 11 is 0. The van der Waals surface area contributed by atoms with E-state index in [9.17, 15) is 49.2 Å². The summed E-state index contributed by atoms with van der Waals surface area (Å²) in [5.41, 5.74) is -7.26. The van der Waals surface area contributed by atoms with Crippen molar-refractivity contribution in [2.75, 3.05) is 13.2 Å². The molecule has 68 heavy (non-hydrogen) atoms. The maximum Gasteiger partial charge on any atom is 0.306 e. The lowest BCUT2D eigenvalue weighted by Crippen LogP contribution is -2.69. The molecule has 0 heterocycles. The number of ether oxygens (including phenoxy) is 2. The van der Waals surface area contributed by atoms with Crippen LogP contribution in [0.15, 0.2) is 47.6 Å². The number of hydrogen-bond acceptors (Lipinski definition) is 12. The lowest BCUT2D eigenvalue weighted by Gasteiger charge is -2.62. The largest absolute Gasteiger partial charge is 0.466 e. The molecule has 0 amide bonds. The maximum absolute atomic E-state index is 17.5. The zero-order valence-corrected chi connectivity index (χ0v) is 40.9. The topological polar surface area (TPSA) is 202 Å². The summed E-state index contributed by atoms with van der Waals surface area (Å²) in [4.78, 5) is 77.0. The van der Waals surface area contributed by atoms with Gasteiger partial charge in [-0.15, -0.1) is 0 Å². The molecule has 4 N–H and O–H groups in total. The molecule has 0 aliphatic heterocycles. The maximum atomic E-state index is 17.5. The molecule has 0 aromatic carbocycles. The average molecular weight is 947 g/mol. The van der Waals surface area contributed by atoms with Gasteiger partial charge >= 0.3 is 11.9 Å². The number of allylic oxidation sites excluding steroid dienone is 8. The van der Waals surface area contributed by atoms with Crippen molar-refractivity contribution in [3.63, 3.8) is 0 Å². The predicted molar refractivity (Wildman–Crippen MR) is 249 cm³/mol. The van der Waals surface area contributed by atoms with Gasteiger partial charge in [0, 0.05) is 52.8 Å². The van der Waals surface area contributed by atoms with Crippen molar-refractivity contribution in [2.24, 2.45) is 57.2 Å². The van der Waals surface area contributed by atoms with Crippen LogP contribution in [-0.2, 0) is 38.2 Å². The predicted octanol–water partition coefficient (Wildman–Crippen LogP) is 7.47. The summed E-state index contributed by atoms with van der Waals surface area (Å²) in [6.45, 7) is 8.89. The highest BCUT2D eigenvalue weighted by atomic mass is 19.1. The Morgan fingerprint density at radius 3 is 2.03 bits per heavy atom. The third-order valence-electron chi connectivity index (χ3n) is 19.9. The number of aliphatic hydroxyl groups is 4. The van der Waals surface area contributed by atoms with E-state index < -0.39 is 86.9 Å². The second-order valence-corrected chi connectivity index (χ2v) is 23.2. The Labute approximate surface area is 400 Å². The quantitative estimate of drug-likeness (QED) is 0.0829. The van der Waals surface area contributed by atoms with E-state index >= 15 is 4.39 Å². The molecule has 12 nitrogen and oxygen atoms in total. The van der Waals surface area contributed by atoms with Crippen LogP contribution in [-0.4, -0.2) is 97.8 Å². The molecule has 6 saturated carbocycles. The smallest absolute Gasteiger partial charge is 0.306 e. The molecule has 0 spiro atoms. The van der Waals surface area contributed by atoms with Gasteiger partial charge in [-0.25, -0.2) is 4.39 Å². The number of carbonyl (C=O) groups excluding carboxylic acids is 6. The zero-order valence-electron chi connectivity index (χ0n) is 40.9. The van der Waals surface area contributed by atoms with Gasteiger partial charge in [0.25, 0.3) is 0 Å². The first-order valence-corrected chi connectivity index (χ1v) is 25.8. The van der Waals surface area contributed by atoms with Crippen molar-refractivity contribution in [3.05, 3.63) is 47.6 Å². The summed E-state index contributed by atoms with van der Waals surface area (Å²) in [6.07, 6.45) is 16.4. The number of rotatable bonds is 17. The summed E-state index contributed by atoms with van der Waals surface area (Å²) < 4.78 is 28.2. The number of fused-ring (bicyclic) bond motifs is 10. The Balaban J connectivity index is 0.699. The fraction of sp³-hybridized carbons (Fsp3) is 0.745. The van der Waals surface area contributed by atoms with Crippen LogP contribution in [0, 0.1) is 57.2 Å². The number of carbonyl (C=O) groups is 6. The van der Waals surface area contributed by atoms with Gasteiger partial charge in [0.05, 0.1) is 18.8 Å². The van der Waals surface area contributed by atoms with E-state index in [4.69, 9.17) is 9.47 Å². The number of Topliss-reactive ketones (excluding diaryl/α,β-unsaturated/α-hetero) is 2. The Kier molecular flexibility index (Phi) is 13.8. The molecule has 13 heteroatoms. The van der Waals surface area contributed by atoms with E-state index in [1.54, 1.807) is 39.0 Å². The van der Waals surface area contributed by atoms with E-state index in [0.717, 1.165) is 37.7 Å². The van der Waals surface area contributed by atoms with Crippen LogP contribution in [0.2, 0.25) is 0 Å². The number of esters is 2. The van der Waals surface area contributed by atoms with Gasteiger partial charge < -0.3 is 29.9 Å². The molecular weight excluding hydrogens is 872 g/mol. The van der Waals surface area contributed by atoms with Gasteiger partial charge in [-0.05, 0) is 145 Å².